The number of benzene rings is 1. The van der Waals surface area contributed by atoms with E-state index in [9.17, 15) is 9.18 Å². The average molecular weight is 233 g/mol. The predicted molar refractivity (Wildman–Crippen MR) is 64.3 cm³/mol. The van der Waals surface area contributed by atoms with E-state index in [1.807, 2.05) is 0 Å². The van der Waals surface area contributed by atoms with E-state index in [1.165, 1.54) is 35.0 Å². The van der Waals surface area contributed by atoms with Crippen LogP contribution in [0.1, 0.15) is 5.56 Å². The lowest BCUT2D eigenvalue weighted by molar-refractivity contribution is 0.627. The number of nitrogen functional groups attached to an aromatic ring is 1. The van der Waals surface area contributed by atoms with Crippen molar-refractivity contribution in [1.29, 1.82) is 0 Å². The SMILES string of the molecule is NCc1cc(N)cn(-c2ccc(F)cc2)c1=O. The minimum atomic E-state index is -0.357. The summed E-state index contributed by atoms with van der Waals surface area (Å²) in [5.74, 6) is -0.357. The van der Waals surface area contributed by atoms with Crippen molar-refractivity contribution in [1.82, 2.24) is 4.57 Å². The highest BCUT2D eigenvalue weighted by Crippen LogP contribution is 2.10. The van der Waals surface area contributed by atoms with Gasteiger partial charge in [-0.1, -0.05) is 0 Å². The van der Waals surface area contributed by atoms with Crippen LogP contribution in [0.5, 0.6) is 0 Å². The van der Waals surface area contributed by atoms with Gasteiger partial charge in [0.2, 0.25) is 0 Å². The third-order valence-electron chi connectivity index (χ3n) is 2.44. The molecule has 0 spiro atoms. The summed E-state index contributed by atoms with van der Waals surface area (Å²) < 4.78 is 14.2. The predicted octanol–water partition coefficient (Wildman–Crippen LogP) is 1.02. The van der Waals surface area contributed by atoms with Crippen molar-refractivity contribution in [2.24, 2.45) is 5.73 Å². The van der Waals surface area contributed by atoms with Gasteiger partial charge in [0, 0.05) is 29.7 Å². The topological polar surface area (TPSA) is 74.0 Å². The maximum atomic E-state index is 12.8. The molecule has 0 saturated heterocycles. The maximum Gasteiger partial charge on any atom is 0.259 e. The highest BCUT2D eigenvalue weighted by atomic mass is 19.1. The Morgan fingerprint density at radius 1 is 1.24 bits per heavy atom. The molecule has 0 aliphatic rings. The molecule has 1 heterocycles. The second-order valence-electron chi connectivity index (χ2n) is 3.65. The number of nitrogens with two attached hydrogens (primary N) is 2. The lowest BCUT2D eigenvalue weighted by atomic mass is 10.2. The second-order valence-corrected chi connectivity index (χ2v) is 3.65. The molecule has 0 aliphatic heterocycles. The highest BCUT2D eigenvalue weighted by Gasteiger charge is 2.05. The summed E-state index contributed by atoms with van der Waals surface area (Å²) in [6, 6.07) is 7.13. The van der Waals surface area contributed by atoms with Gasteiger partial charge in [-0.05, 0) is 30.3 Å². The molecule has 88 valence electrons. The summed E-state index contributed by atoms with van der Waals surface area (Å²) in [5, 5.41) is 0. The number of hydrogen-bond donors (Lipinski definition) is 2. The first-order chi connectivity index (χ1) is 8.11. The number of aromatic nitrogens is 1. The molecule has 0 bridgehead atoms. The number of hydrogen-bond acceptors (Lipinski definition) is 3. The summed E-state index contributed by atoms with van der Waals surface area (Å²) >= 11 is 0. The monoisotopic (exact) mass is 233 g/mol. The normalized spacial score (nSPS) is 10.5. The Bertz CT molecular complexity index is 590. The molecule has 4 nitrogen and oxygen atoms in total. The van der Waals surface area contributed by atoms with Gasteiger partial charge in [-0.15, -0.1) is 0 Å². The van der Waals surface area contributed by atoms with Crippen LogP contribution in [0.25, 0.3) is 5.69 Å². The molecule has 0 saturated carbocycles. The van der Waals surface area contributed by atoms with E-state index in [4.69, 9.17) is 11.5 Å². The van der Waals surface area contributed by atoms with E-state index >= 15 is 0 Å². The summed E-state index contributed by atoms with van der Waals surface area (Å²) in [5.41, 5.74) is 12.3. The molecule has 4 N–H and O–H groups in total. The molecule has 17 heavy (non-hydrogen) atoms. The van der Waals surface area contributed by atoms with Gasteiger partial charge in [0.25, 0.3) is 5.56 Å². The van der Waals surface area contributed by atoms with Crippen LogP contribution in [0.3, 0.4) is 0 Å². The van der Waals surface area contributed by atoms with Crippen molar-refractivity contribution in [3.63, 3.8) is 0 Å². The van der Waals surface area contributed by atoms with Crippen LogP contribution in [0.4, 0.5) is 10.1 Å². The van der Waals surface area contributed by atoms with E-state index < -0.39 is 0 Å². The summed E-state index contributed by atoms with van der Waals surface area (Å²) in [6.07, 6.45) is 1.49. The number of rotatable bonds is 2. The Hall–Kier alpha value is -2.14. The Labute approximate surface area is 97.3 Å². The van der Waals surface area contributed by atoms with Gasteiger partial charge in [0.05, 0.1) is 0 Å². The van der Waals surface area contributed by atoms with Gasteiger partial charge < -0.3 is 11.5 Å². The molecule has 2 rings (SSSR count). The molecule has 0 aliphatic carbocycles. The largest absolute Gasteiger partial charge is 0.398 e. The fourth-order valence-electron chi connectivity index (χ4n) is 1.60. The fourth-order valence-corrected chi connectivity index (χ4v) is 1.60. The second kappa shape index (κ2) is 4.39. The maximum absolute atomic E-state index is 12.8. The van der Waals surface area contributed by atoms with Crippen LogP contribution < -0.4 is 17.0 Å². The fraction of sp³-hybridized carbons (Fsp3) is 0.0833. The van der Waals surface area contributed by atoms with Crippen LogP contribution >= 0.6 is 0 Å². The Morgan fingerprint density at radius 2 is 1.88 bits per heavy atom. The molecule has 0 atom stereocenters. The summed E-state index contributed by atoms with van der Waals surface area (Å²) in [6.45, 7) is 0.116. The Balaban J connectivity index is 2.63. The number of anilines is 1. The first kappa shape index (κ1) is 11.3. The smallest absolute Gasteiger partial charge is 0.259 e. The molecule has 1 aromatic carbocycles. The van der Waals surface area contributed by atoms with Crippen molar-refractivity contribution >= 4 is 5.69 Å². The molecule has 1 aromatic heterocycles. The molecule has 0 unspecified atom stereocenters. The van der Waals surface area contributed by atoms with Crippen LogP contribution in [0.15, 0.2) is 41.3 Å². The van der Waals surface area contributed by atoms with Crippen LogP contribution in [0, 0.1) is 5.82 Å². The van der Waals surface area contributed by atoms with Crippen LogP contribution in [0.2, 0.25) is 0 Å². The van der Waals surface area contributed by atoms with Crippen LogP contribution in [-0.2, 0) is 6.54 Å². The highest BCUT2D eigenvalue weighted by molar-refractivity contribution is 5.43. The van der Waals surface area contributed by atoms with Gasteiger partial charge in [-0.3, -0.25) is 9.36 Å². The van der Waals surface area contributed by atoms with Crippen molar-refractivity contribution in [3.05, 3.63) is 58.3 Å². The molecule has 0 fully saturated rings. The zero-order chi connectivity index (χ0) is 12.4. The molecule has 0 radical (unpaired) electrons. The molecular weight excluding hydrogens is 221 g/mol. The van der Waals surface area contributed by atoms with Gasteiger partial charge in [0.1, 0.15) is 5.82 Å². The molecule has 0 amide bonds. The van der Waals surface area contributed by atoms with Crippen molar-refractivity contribution < 1.29 is 4.39 Å². The quantitative estimate of drug-likeness (QED) is 0.813. The number of nitrogens with zero attached hydrogens (tertiary/aromatic N) is 1. The van der Waals surface area contributed by atoms with Crippen molar-refractivity contribution in [2.45, 2.75) is 6.54 Å². The lowest BCUT2D eigenvalue weighted by Gasteiger charge is -2.08. The summed E-state index contributed by atoms with van der Waals surface area (Å²) in [4.78, 5) is 12.0. The third-order valence-corrected chi connectivity index (χ3v) is 2.44. The van der Waals surface area contributed by atoms with E-state index in [1.54, 1.807) is 6.07 Å². The molecule has 2 aromatic rings. The van der Waals surface area contributed by atoms with Crippen LogP contribution in [-0.4, -0.2) is 4.57 Å². The average Bonchev–Trinajstić information content (AvgIpc) is 2.33. The van der Waals surface area contributed by atoms with Gasteiger partial charge in [-0.2, -0.15) is 0 Å². The number of pyridine rings is 1. The first-order valence-corrected chi connectivity index (χ1v) is 5.09. The lowest BCUT2D eigenvalue weighted by Crippen LogP contribution is -2.24. The summed E-state index contributed by atoms with van der Waals surface area (Å²) in [7, 11) is 0. The molecular formula is C12H12FN3O. The van der Waals surface area contributed by atoms with E-state index in [-0.39, 0.29) is 17.9 Å². The Morgan fingerprint density at radius 3 is 2.47 bits per heavy atom. The van der Waals surface area contributed by atoms with Gasteiger partial charge in [0.15, 0.2) is 0 Å². The zero-order valence-corrected chi connectivity index (χ0v) is 9.06. The van der Waals surface area contributed by atoms with E-state index in [0.29, 0.717) is 16.9 Å². The third kappa shape index (κ3) is 2.19. The number of halogens is 1. The van der Waals surface area contributed by atoms with E-state index in [0.717, 1.165) is 0 Å². The minimum absolute atomic E-state index is 0.116. The zero-order valence-electron chi connectivity index (χ0n) is 9.06. The van der Waals surface area contributed by atoms with Crippen molar-refractivity contribution in [2.75, 3.05) is 5.73 Å². The van der Waals surface area contributed by atoms with Gasteiger partial charge in [-0.25, -0.2) is 4.39 Å². The standard InChI is InChI=1S/C12H12FN3O/c13-9-1-3-11(4-2-9)16-7-10(15)5-8(6-14)12(16)17/h1-5,7H,6,14-15H2. The van der Waals surface area contributed by atoms with E-state index in [2.05, 4.69) is 0 Å². The minimum Gasteiger partial charge on any atom is -0.398 e. The van der Waals surface area contributed by atoms with Crippen molar-refractivity contribution in [3.8, 4) is 5.69 Å². The Kier molecular flexibility index (Phi) is 2.93. The van der Waals surface area contributed by atoms with Gasteiger partial charge >= 0.3 is 0 Å². The first-order valence-electron chi connectivity index (χ1n) is 5.09. The molecule has 5 heteroatoms.